The Bertz CT molecular complexity index is 399. The van der Waals surface area contributed by atoms with E-state index in [1.807, 2.05) is 0 Å². The van der Waals surface area contributed by atoms with Gasteiger partial charge in [0.15, 0.2) is 0 Å². The van der Waals surface area contributed by atoms with E-state index in [4.69, 9.17) is 4.74 Å². The van der Waals surface area contributed by atoms with Crippen molar-refractivity contribution in [1.82, 2.24) is 0 Å². The van der Waals surface area contributed by atoms with Crippen molar-refractivity contribution in [2.24, 2.45) is 5.18 Å². The topological polar surface area (TPSA) is 55.7 Å². The highest BCUT2D eigenvalue weighted by Gasteiger charge is 2.06. The monoisotopic (exact) mass is 205 g/mol. The predicted molar refractivity (Wildman–Crippen MR) is 56.5 cm³/mol. The van der Waals surface area contributed by atoms with E-state index in [0.29, 0.717) is 11.1 Å². The van der Waals surface area contributed by atoms with Gasteiger partial charge in [0.25, 0.3) is 0 Å². The smallest absolute Gasteiger partial charge is 0.333 e. The number of hydrogen-bond donors (Lipinski definition) is 0. The fraction of sp³-hybridized carbons (Fsp3) is 0.182. The van der Waals surface area contributed by atoms with E-state index < -0.39 is 5.97 Å². The molecule has 0 atom stereocenters. The van der Waals surface area contributed by atoms with Crippen molar-refractivity contribution in [3.05, 3.63) is 46.9 Å². The molecule has 0 bridgehead atoms. The number of hydrogen-bond acceptors (Lipinski definition) is 4. The summed E-state index contributed by atoms with van der Waals surface area (Å²) >= 11 is 0. The van der Waals surface area contributed by atoms with Crippen molar-refractivity contribution in [3.8, 4) is 0 Å². The van der Waals surface area contributed by atoms with Crippen molar-refractivity contribution in [3.63, 3.8) is 0 Å². The Morgan fingerprint density at radius 1 is 1.47 bits per heavy atom. The first-order chi connectivity index (χ1) is 7.15. The molecule has 1 aromatic carbocycles. The molecule has 78 valence electrons. The maximum atomic E-state index is 11.1. The van der Waals surface area contributed by atoms with Crippen molar-refractivity contribution in [2.75, 3.05) is 0 Å². The number of carbonyl (C=O) groups is 1. The quantitative estimate of drug-likeness (QED) is 0.431. The van der Waals surface area contributed by atoms with Crippen LogP contribution in [0.2, 0.25) is 0 Å². The highest BCUT2D eigenvalue weighted by molar-refractivity contribution is 5.86. The normalized spacial score (nSPS) is 9.40. The van der Waals surface area contributed by atoms with Crippen LogP contribution in [0, 0.1) is 4.91 Å². The van der Waals surface area contributed by atoms with Crippen molar-refractivity contribution in [1.29, 1.82) is 0 Å². The van der Waals surface area contributed by atoms with Crippen LogP contribution in [0.3, 0.4) is 0 Å². The number of nitroso groups, excluding NO2 is 1. The number of benzene rings is 1. The lowest BCUT2D eigenvalue weighted by Crippen LogP contribution is -2.04. The summed E-state index contributed by atoms with van der Waals surface area (Å²) in [6, 6.07) is 6.69. The summed E-state index contributed by atoms with van der Waals surface area (Å²) in [6.45, 7) is 5.05. The Morgan fingerprint density at radius 3 is 2.73 bits per heavy atom. The summed E-state index contributed by atoms with van der Waals surface area (Å²) in [4.78, 5) is 21.5. The number of ether oxygens (including phenoxy) is 1. The van der Waals surface area contributed by atoms with Gasteiger partial charge in [-0.05, 0) is 18.2 Å². The first-order valence-corrected chi connectivity index (χ1v) is 4.39. The Hall–Kier alpha value is -1.97. The highest BCUT2D eigenvalue weighted by atomic mass is 16.5. The maximum absolute atomic E-state index is 11.1. The fourth-order valence-corrected chi connectivity index (χ4v) is 0.988. The van der Waals surface area contributed by atoms with Gasteiger partial charge in [-0.15, -0.1) is 4.91 Å². The SMILES string of the molecule is C=C(C)C(=O)OCc1ccccc1N=O. The molecule has 4 nitrogen and oxygen atoms in total. The molecule has 1 rings (SSSR count). The Morgan fingerprint density at radius 2 is 2.13 bits per heavy atom. The largest absolute Gasteiger partial charge is 0.457 e. The summed E-state index contributed by atoms with van der Waals surface area (Å²) in [7, 11) is 0. The molecule has 0 N–H and O–H groups in total. The van der Waals surface area contributed by atoms with Gasteiger partial charge >= 0.3 is 5.97 Å². The third-order valence-electron chi connectivity index (χ3n) is 1.80. The molecule has 0 aliphatic heterocycles. The van der Waals surface area contributed by atoms with Crippen LogP contribution in [-0.2, 0) is 16.1 Å². The molecule has 0 heterocycles. The van der Waals surface area contributed by atoms with Crippen molar-refractivity contribution in [2.45, 2.75) is 13.5 Å². The van der Waals surface area contributed by atoms with Gasteiger partial charge in [0.1, 0.15) is 12.3 Å². The van der Waals surface area contributed by atoms with Gasteiger partial charge in [-0.2, -0.15) is 0 Å². The molecule has 0 fully saturated rings. The first kappa shape index (κ1) is 11.1. The van der Waals surface area contributed by atoms with Crippen LogP contribution in [0.5, 0.6) is 0 Å². The fourth-order valence-electron chi connectivity index (χ4n) is 0.988. The van der Waals surface area contributed by atoms with Gasteiger partial charge in [0.05, 0.1) is 0 Å². The van der Waals surface area contributed by atoms with Crippen LogP contribution in [-0.4, -0.2) is 5.97 Å². The van der Waals surface area contributed by atoms with E-state index in [2.05, 4.69) is 11.8 Å². The highest BCUT2D eigenvalue weighted by Crippen LogP contribution is 2.19. The molecule has 1 aromatic rings. The average molecular weight is 205 g/mol. The maximum Gasteiger partial charge on any atom is 0.333 e. The molecule has 4 heteroatoms. The third kappa shape index (κ3) is 3.02. The number of nitrogens with zero attached hydrogens (tertiary/aromatic N) is 1. The van der Waals surface area contributed by atoms with E-state index in [1.165, 1.54) is 0 Å². The average Bonchev–Trinajstić information content (AvgIpc) is 2.26. The summed E-state index contributed by atoms with van der Waals surface area (Å²) in [6.07, 6.45) is 0. The van der Waals surface area contributed by atoms with Crippen LogP contribution >= 0.6 is 0 Å². The van der Waals surface area contributed by atoms with Crippen LogP contribution < -0.4 is 0 Å². The number of esters is 1. The minimum atomic E-state index is -0.476. The lowest BCUT2D eigenvalue weighted by atomic mass is 10.2. The zero-order valence-electron chi connectivity index (χ0n) is 8.40. The molecule has 0 spiro atoms. The Balaban J connectivity index is 2.69. The van der Waals surface area contributed by atoms with Gasteiger partial charge in [-0.25, -0.2) is 4.79 Å². The summed E-state index contributed by atoms with van der Waals surface area (Å²) in [5, 5.41) is 2.83. The van der Waals surface area contributed by atoms with Crippen LogP contribution in [0.1, 0.15) is 12.5 Å². The lowest BCUT2D eigenvalue weighted by Gasteiger charge is -2.05. The second kappa shape index (κ2) is 5.05. The molecule has 0 aromatic heterocycles. The summed E-state index contributed by atoms with van der Waals surface area (Å²) in [5.41, 5.74) is 1.20. The molecular formula is C11H11NO3. The molecule has 0 unspecified atom stereocenters. The van der Waals surface area contributed by atoms with E-state index in [9.17, 15) is 9.70 Å². The molecule has 0 aliphatic rings. The number of carbonyl (C=O) groups excluding carboxylic acids is 1. The standard InChI is InChI=1S/C11H11NO3/c1-8(2)11(13)15-7-9-5-3-4-6-10(9)12-14/h3-6H,1,7H2,2H3. The van der Waals surface area contributed by atoms with Crippen molar-refractivity contribution < 1.29 is 9.53 Å². The summed E-state index contributed by atoms with van der Waals surface area (Å²) < 4.78 is 4.89. The molecule has 15 heavy (non-hydrogen) atoms. The van der Waals surface area contributed by atoms with E-state index in [-0.39, 0.29) is 12.3 Å². The molecule has 0 radical (unpaired) electrons. The van der Waals surface area contributed by atoms with E-state index in [0.717, 1.165) is 0 Å². The number of rotatable bonds is 4. The van der Waals surface area contributed by atoms with Gasteiger partial charge < -0.3 is 4.74 Å². The van der Waals surface area contributed by atoms with E-state index >= 15 is 0 Å². The third-order valence-corrected chi connectivity index (χ3v) is 1.80. The molecular weight excluding hydrogens is 194 g/mol. The molecule has 0 saturated carbocycles. The lowest BCUT2D eigenvalue weighted by molar-refractivity contribution is -0.140. The van der Waals surface area contributed by atoms with E-state index in [1.54, 1.807) is 31.2 Å². The van der Waals surface area contributed by atoms with Crippen LogP contribution in [0.4, 0.5) is 5.69 Å². The zero-order valence-corrected chi connectivity index (χ0v) is 8.40. The summed E-state index contributed by atoms with van der Waals surface area (Å²) in [5.74, 6) is -0.476. The predicted octanol–water partition coefficient (Wildman–Crippen LogP) is 2.70. The zero-order chi connectivity index (χ0) is 11.3. The molecule has 0 amide bonds. The Kier molecular flexibility index (Phi) is 3.74. The second-order valence-electron chi connectivity index (χ2n) is 3.08. The molecule has 0 saturated heterocycles. The second-order valence-corrected chi connectivity index (χ2v) is 3.08. The van der Waals surface area contributed by atoms with Gasteiger partial charge in [0, 0.05) is 11.1 Å². The Labute approximate surface area is 87.5 Å². The minimum Gasteiger partial charge on any atom is -0.457 e. The van der Waals surface area contributed by atoms with Crippen LogP contribution in [0.25, 0.3) is 0 Å². The van der Waals surface area contributed by atoms with Gasteiger partial charge in [-0.1, -0.05) is 24.8 Å². The van der Waals surface area contributed by atoms with Gasteiger partial charge in [-0.3, -0.25) is 0 Å². The van der Waals surface area contributed by atoms with Gasteiger partial charge in [0.2, 0.25) is 0 Å². The van der Waals surface area contributed by atoms with Crippen molar-refractivity contribution >= 4 is 11.7 Å². The van der Waals surface area contributed by atoms with Crippen LogP contribution in [0.15, 0.2) is 41.6 Å². The molecule has 0 aliphatic carbocycles. The minimum absolute atomic E-state index is 0.0353. The first-order valence-electron chi connectivity index (χ1n) is 4.39.